The van der Waals surface area contributed by atoms with E-state index in [0.717, 1.165) is 42.1 Å². The van der Waals surface area contributed by atoms with Gasteiger partial charge in [0.2, 0.25) is 0 Å². The number of ether oxygens (including phenoxy) is 1. The minimum absolute atomic E-state index is 0.0145. The zero-order valence-corrected chi connectivity index (χ0v) is 16.1. The molecule has 0 saturated heterocycles. The molecule has 5 nitrogen and oxygen atoms in total. The summed E-state index contributed by atoms with van der Waals surface area (Å²) in [5.74, 6) is 1.40. The Kier molecular flexibility index (Phi) is 4.98. The highest BCUT2D eigenvalue weighted by Gasteiger charge is 2.23. The number of aryl methyl sites for hydroxylation is 2. The van der Waals surface area contributed by atoms with Crippen LogP contribution < -0.4 is 15.0 Å². The Morgan fingerprint density at radius 2 is 2.00 bits per heavy atom. The first-order valence-corrected chi connectivity index (χ1v) is 9.43. The zero-order chi connectivity index (χ0) is 19.5. The van der Waals surface area contributed by atoms with E-state index in [-0.39, 0.29) is 5.91 Å². The number of amides is 1. The number of carbonyl (C=O) groups is 1. The SMILES string of the molecule is COc1ccc(C)cc1Nc1ccc(C(=O)N2CCCc3ccccc32)cn1. The van der Waals surface area contributed by atoms with Crippen molar-refractivity contribution in [2.24, 2.45) is 0 Å². The van der Waals surface area contributed by atoms with E-state index >= 15 is 0 Å². The topological polar surface area (TPSA) is 54.5 Å². The number of rotatable bonds is 4. The first-order chi connectivity index (χ1) is 13.7. The van der Waals surface area contributed by atoms with Crippen molar-refractivity contribution in [2.75, 3.05) is 23.9 Å². The lowest BCUT2D eigenvalue weighted by molar-refractivity contribution is 0.0985. The van der Waals surface area contributed by atoms with Crippen LogP contribution in [0.2, 0.25) is 0 Å². The molecule has 0 aliphatic carbocycles. The van der Waals surface area contributed by atoms with Crippen LogP contribution in [0.15, 0.2) is 60.8 Å². The average molecular weight is 373 g/mol. The number of para-hydroxylation sites is 1. The van der Waals surface area contributed by atoms with Gasteiger partial charge >= 0.3 is 0 Å². The van der Waals surface area contributed by atoms with Crippen molar-refractivity contribution in [1.82, 2.24) is 4.98 Å². The fourth-order valence-electron chi connectivity index (χ4n) is 3.55. The maximum absolute atomic E-state index is 13.0. The van der Waals surface area contributed by atoms with Crippen LogP contribution in [-0.4, -0.2) is 24.5 Å². The molecule has 0 unspecified atom stereocenters. The van der Waals surface area contributed by atoms with Gasteiger partial charge in [-0.25, -0.2) is 4.98 Å². The number of fused-ring (bicyclic) bond motifs is 1. The van der Waals surface area contributed by atoms with Gasteiger partial charge in [-0.05, 0) is 61.2 Å². The van der Waals surface area contributed by atoms with Crippen molar-refractivity contribution in [3.05, 3.63) is 77.5 Å². The molecule has 142 valence electrons. The Morgan fingerprint density at radius 3 is 2.79 bits per heavy atom. The highest BCUT2D eigenvalue weighted by Crippen LogP contribution is 2.29. The summed E-state index contributed by atoms with van der Waals surface area (Å²) in [4.78, 5) is 19.3. The average Bonchev–Trinajstić information content (AvgIpc) is 2.73. The molecular formula is C23H23N3O2. The lowest BCUT2D eigenvalue weighted by atomic mass is 10.0. The number of pyridine rings is 1. The van der Waals surface area contributed by atoms with Gasteiger partial charge in [0.15, 0.2) is 0 Å². The van der Waals surface area contributed by atoms with Gasteiger partial charge in [-0.1, -0.05) is 24.3 Å². The van der Waals surface area contributed by atoms with Crippen molar-refractivity contribution < 1.29 is 9.53 Å². The van der Waals surface area contributed by atoms with E-state index in [1.807, 2.05) is 60.4 Å². The zero-order valence-electron chi connectivity index (χ0n) is 16.1. The van der Waals surface area contributed by atoms with E-state index in [0.29, 0.717) is 11.4 Å². The van der Waals surface area contributed by atoms with Crippen molar-refractivity contribution in [3.8, 4) is 5.75 Å². The number of hydrogen-bond acceptors (Lipinski definition) is 4. The van der Waals surface area contributed by atoms with Gasteiger partial charge in [0, 0.05) is 18.4 Å². The Morgan fingerprint density at radius 1 is 1.14 bits per heavy atom. The number of methoxy groups -OCH3 is 1. The number of nitrogens with zero attached hydrogens (tertiary/aromatic N) is 2. The minimum atomic E-state index is -0.0145. The molecule has 2 heterocycles. The summed E-state index contributed by atoms with van der Waals surface area (Å²) < 4.78 is 5.40. The summed E-state index contributed by atoms with van der Waals surface area (Å²) in [6.45, 7) is 2.76. The normalized spacial score (nSPS) is 13.0. The third kappa shape index (κ3) is 3.56. The van der Waals surface area contributed by atoms with E-state index in [2.05, 4.69) is 16.4 Å². The van der Waals surface area contributed by atoms with Crippen molar-refractivity contribution in [1.29, 1.82) is 0 Å². The highest BCUT2D eigenvalue weighted by molar-refractivity contribution is 6.06. The van der Waals surface area contributed by atoms with Crippen LogP contribution >= 0.6 is 0 Å². The molecule has 0 fully saturated rings. The second kappa shape index (κ2) is 7.72. The lowest BCUT2D eigenvalue weighted by Crippen LogP contribution is -2.35. The van der Waals surface area contributed by atoms with E-state index in [4.69, 9.17) is 4.74 Å². The predicted molar refractivity (Wildman–Crippen MR) is 112 cm³/mol. The van der Waals surface area contributed by atoms with Gasteiger partial charge in [-0.15, -0.1) is 0 Å². The van der Waals surface area contributed by atoms with E-state index < -0.39 is 0 Å². The molecule has 5 heteroatoms. The van der Waals surface area contributed by atoms with Crippen LogP contribution in [0, 0.1) is 6.92 Å². The monoisotopic (exact) mass is 373 g/mol. The summed E-state index contributed by atoms with van der Waals surface area (Å²) in [5.41, 5.74) is 4.78. The van der Waals surface area contributed by atoms with E-state index in [9.17, 15) is 4.79 Å². The Balaban J connectivity index is 1.54. The molecule has 2 aromatic carbocycles. The lowest BCUT2D eigenvalue weighted by Gasteiger charge is -2.29. The molecule has 1 N–H and O–H groups in total. The van der Waals surface area contributed by atoms with Crippen LogP contribution in [0.25, 0.3) is 0 Å². The van der Waals surface area contributed by atoms with Gasteiger partial charge in [0.25, 0.3) is 5.91 Å². The fourth-order valence-corrected chi connectivity index (χ4v) is 3.55. The van der Waals surface area contributed by atoms with Gasteiger partial charge in [0.05, 0.1) is 18.4 Å². The number of anilines is 3. The number of benzene rings is 2. The minimum Gasteiger partial charge on any atom is -0.495 e. The smallest absolute Gasteiger partial charge is 0.259 e. The number of carbonyl (C=O) groups excluding carboxylic acids is 1. The molecule has 0 radical (unpaired) electrons. The largest absolute Gasteiger partial charge is 0.495 e. The van der Waals surface area contributed by atoms with Crippen LogP contribution in [0.1, 0.15) is 27.9 Å². The summed E-state index contributed by atoms with van der Waals surface area (Å²) in [7, 11) is 1.64. The molecule has 0 bridgehead atoms. The highest BCUT2D eigenvalue weighted by atomic mass is 16.5. The second-order valence-corrected chi connectivity index (χ2v) is 6.95. The molecular weight excluding hydrogens is 350 g/mol. The summed E-state index contributed by atoms with van der Waals surface area (Å²) >= 11 is 0. The van der Waals surface area contributed by atoms with Crippen LogP contribution in [0.5, 0.6) is 5.75 Å². The van der Waals surface area contributed by atoms with Crippen molar-refractivity contribution in [3.63, 3.8) is 0 Å². The van der Waals surface area contributed by atoms with Gasteiger partial charge in [-0.2, -0.15) is 0 Å². The van der Waals surface area contributed by atoms with Gasteiger partial charge < -0.3 is 15.0 Å². The maximum Gasteiger partial charge on any atom is 0.259 e. The molecule has 3 aromatic rings. The van der Waals surface area contributed by atoms with Crippen LogP contribution in [-0.2, 0) is 6.42 Å². The fraction of sp³-hybridized carbons (Fsp3) is 0.217. The molecule has 0 atom stereocenters. The van der Waals surface area contributed by atoms with E-state index in [1.54, 1.807) is 13.3 Å². The van der Waals surface area contributed by atoms with Gasteiger partial charge in [-0.3, -0.25) is 4.79 Å². The number of aromatic nitrogens is 1. The molecule has 1 aromatic heterocycles. The van der Waals surface area contributed by atoms with Gasteiger partial charge in [0.1, 0.15) is 11.6 Å². The summed E-state index contributed by atoms with van der Waals surface area (Å²) in [6, 6.07) is 17.7. The van der Waals surface area contributed by atoms with E-state index in [1.165, 1.54) is 5.56 Å². The first-order valence-electron chi connectivity index (χ1n) is 9.43. The molecule has 4 rings (SSSR count). The molecule has 28 heavy (non-hydrogen) atoms. The molecule has 1 aliphatic heterocycles. The Labute approximate surface area is 165 Å². The summed E-state index contributed by atoms with van der Waals surface area (Å²) in [6.07, 6.45) is 3.62. The standard InChI is InChI=1S/C23H23N3O2/c1-16-9-11-21(28-2)19(14-16)25-22-12-10-18(15-24-22)23(27)26-13-5-7-17-6-3-4-8-20(17)26/h3-4,6,8-12,14-15H,5,7,13H2,1-2H3,(H,24,25). The van der Waals surface area contributed by atoms with Crippen LogP contribution in [0.3, 0.4) is 0 Å². The molecule has 0 saturated carbocycles. The summed E-state index contributed by atoms with van der Waals surface area (Å²) in [5, 5.41) is 3.26. The van der Waals surface area contributed by atoms with Crippen molar-refractivity contribution >= 4 is 23.1 Å². The van der Waals surface area contributed by atoms with Crippen molar-refractivity contribution in [2.45, 2.75) is 19.8 Å². The quantitative estimate of drug-likeness (QED) is 0.718. The Bertz CT molecular complexity index is 999. The molecule has 1 aliphatic rings. The first kappa shape index (κ1) is 18.0. The number of nitrogens with one attached hydrogen (secondary N) is 1. The molecule has 0 spiro atoms. The third-order valence-electron chi connectivity index (χ3n) is 4.98. The predicted octanol–water partition coefficient (Wildman–Crippen LogP) is 4.74. The Hall–Kier alpha value is -3.34. The number of hydrogen-bond donors (Lipinski definition) is 1. The second-order valence-electron chi connectivity index (χ2n) is 6.95. The van der Waals surface area contributed by atoms with Crippen LogP contribution in [0.4, 0.5) is 17.2 Å². The third-order valence-corrected chi connectivity index (χ3v) is 4.98. The molecule has 1 amide bonds. The maximum atomic E-state index is 13.0.